The van der Waals surface area contributed by atoms with Crippen LogP contribution in [0.1, 0.15) is 28.8 Å². The van der Waals surface area contributed by atoms with Crippen LogP contribution in [0.3, 0.4) is 0 Å². The molecular formula is C22H23FN2O5. The van der Waals surface area contributed by atoms with Gasteiger partial charge in [0, 0.05) is 32.2 Å². The molecule has 2 amide bonds. The molecule has 0 atom stereocenters. The quantitative estimate of drug-likeness (QED) is 0.652. The summed E-state index contributed by atoms with van der Waals surface area (Å²) < 4.78 is 23.7. The van der Waals surface area contributed by atoms with Gasteiger partial charge in [-0.1, -0.05) is 6.07 Å². The summed E-state index contributed by atoms with van der Waals surface area (Å²) in [6.07, 6.45) is 1.35. The van der Waals surface area contributed by atoms with Crippen LogP contribution in [0.15, 0.2) is 42.5 Å². The van der Waals surface area contributed by atoms with E-state index < -0.39 is 24.3 Å². The summed E-state index contributed by atoms with van der Waals surface area (Å²) in [5.41, 5.74) is 1.61. The highest BCUT2D eigenvalue weighted by molar-refractivity contribution is 5.96. The Bertz CT molecular complexity index is 945. The number of anilines is 1. The van der Waals surface area contributed by atoms with E-state index in [9.17, 15) is 18.8 Å². The van der Waals surface area contributed by atoms with Crippen molar-refractivity contribution < 1.29 is 28.2 Å². The zero-order valence-corrected chi connectivity index (χ0v) is 16.9. The Morgan fingerprint density at radius 3 is 2.50 bits per heavy atom. The fourth-order valence-electron chi connectivity index (χ4n) is 3.19. The van der Waals surface area contributed by atoms with Crippen LogP contribution in [0.5, 0.6) is 5.75 Å². The normalized spacial score (nSPS) is 13.3. The van der Waals surface area contributed by atoms with E-state index in [0.717, 1.165) is 12.1 Å². The molecule has 2 aromatic carbocycles. The first-order valence-corrected chi connectivity index (χ1v) is 9.53. The minimum absolute atomic E-state index is 0.0655. The number of carbonyl (C=O) groups excluding carboxylic acids is 3. The fraction of sp³-hybridized carbons (Fsp3) is 0.318. The van der Waals surface area contributed by atoms with Crippen LogP contribution in [0.4, 0.5) is 10.1 Å². The molecule has 0 unspecified atom stereocenters. The van der Waals surface area contributed by atoms with Crippen LogP contribution in [-0.4, -0.2) is 50.0 Å². The molecule has 8 heteroatoms. The second kappa shape index (κ2) is 9.39. The van der Waals surface area contributed by atoms with Gasteiger partial charge in [-0.25, -0.2) is 9.18 Å². The van der Waals surface area contributed by atoms with E-state index in [1.54, 1.807) is 42.3 Å². The van der Waals surface area contributed by atoms with Gasteiger partial charge >= 0.3 is 5.97 Å². The summed E-state index contributed by atoms with van der Waals surface area (Å²) in [6, 6.07) is 10.9. The molecule has 1 aliphatic rings. The number of benzene rings is 2. The van der Waals surface area contributed by atoms with Crippen molar-refractivity contribution in [2.75, 3.05) is 32.2 Å². The highest BCUT2D eigenvalue weighted by Crippen LogP contribution is 2.22. The molecule has 158 valence electrons. The minimum Gasteiger partial charge on any atom is -0.494 e. The lowest BCUT2D eigenvalue weighted by Crippen LogP contribution is -2.30. The van der Waals surface area contributed by atoms with E-state index in [1.807, 2.05) is 0 Å². The molecule has 0 aromatic heterocycles. The number of carbonyl (C=O) groups is 3. The van der Waals surface area contributed by atoms with E-state index in [4.69, 9.17) is 9.47 Å². The first-order valence-electron chi connectivity index (χ1n) is 9.53. The van der Waals surface area contributed by atoms with E-state index in [2.05, 4.69) is 0 Å². The summed E-state index contributed by atoms with van der Waals surface area (Å²) in [6.45, 7) is 0.401. The molecule has 0 saturated carbocycles. The highest BCUT2D eigenvalue weighted by Gasteiger charge is 2.22. The molecule has 7 nitrogen and oxygen atoms in total. The molecule has 1 fully saturated rings. The summed E-state index contributed by atoms with van der Waals surface area (Å²) in [7, 11) is 2.92. The third kappa shape index (κ3) is 4.94. The monoisotopic (exact) mass is 414 g/mol. The van der Waals surface area contributed by atoms with Crippen LogP contribution in [0.25, 0.3) is 0 Å². The van der Waals surface area contributed by atoms with Gasteiger partial charge in [-0.15, -0.1) is 0 Å². The molecule has 0 spiro atoms. The standard InChI is InChI=1S/C22H23FN2O5/c1-24(13-15-5-10-19(29-2)18(23)12-15)21(27)14-30-22(28)16-6-8-17(9-7-16)25-11-3-4-20(25)26/h5-10,12H,3-4,11,13-14H2,1-2H3. The Hall–Kier alpha value is -3.42. The summed E-state index contributed by atoms with van der Waals surface area (Å²) in [5.74, 6) is -1.37. The average molecular weight is 414 g/mol. The summed E-state index contributed by atoms with van der Waals surface area (Å²) in [5, 5.41) is 0. The number of halogens is 1. The number of nitrogens with zero attached hydrogens (tertiary/aromatic N) is 2. The number of methoxy groups -OCH3 is 1. The van der Waals surface area contributed by atoms with Gasteiger partial charge in [0.25, 0.3) is 5.91 Å². The van der Waals surface area contributed by atoms with Gasteiger partial charge in [0.1, 0.15) is 0 Å². The van der Waals surface area contributed by atoms with Gasteiger partial charge < -0.3 is 19.3 Å². The molecule has 1 saturated heterocycles. The second-order valence-corrected chi connectivity index (χ2v) is 6.99. The van der Waals surface area contributed by atoms with Crippen LogP contribution < -0.4 is 9.64 Å². The Kier molecular flexibility index (Phi) is 6.66. The van der Waals surface area contributed by atoms with Crippen molar-refractivity contribution in [2.45, 2.75) is 19.4 Å². The van der Waals surface area contributed by atoms with Crippen LogP contribution >= 0.6 is 0 Å². The third-order valence-corrected chi connectivity index (χ3v) is 4.88. The first-order chi connectivity index (χ1) is 14.4. The molecule has 0 N–H and O–H groups in total. The number of hydrogen-bond donors (Lipinski definition) is 0. The lowest BCUT2D eigenvalue weighted by atomic mass is 10.2. The fourth-order valence-corrected chi connectivity index (χ4v) is 3.19. The Balaban J connectivity index is 1.51. The smallest absolute Gasteiger partial charge is 0.338 e. The van der Waals surface area contributed by atoms with E-state index in [-0.39, 0.29) is 23.8 Å². The van der Waals surface area contributed by atoms with E-state index >= 15 is 0 Å². The number of hydrogen-bond acceptors (Lipinski definition) is 5. The number of likely N-dealkylation sites (N-methyl/N-ethyl adjacent to an activating group) is 1. The Morgan fingerprint density at radius 1 is 1.17 bits per heavy atom. The minimum atomic E-state index is -0.633. The molecule has 1 aliphatic heterocycles. The maximum atomic E-state index is 13.8. The van der Waals surface area contributed by atoms with Gasteiger partial charge in [-0.05, 0) is 48.4 Å². The van der Waals surface area contributed by atoms with Crippen molar-refractivity contribution in [2.24, 2.45) is 0 Å². The SMILES string of the molecule is COc1ccc(CN(C)C(=O)COC(=O)c2ccc(N3CCCC3=O)cc2)cc1F. The lowest BCUT2D eigenvalue weighted by molar-refractivity contribution is -0.133. The van der Waals surface area contributed by atoms with Crippen molar-refractivity contribution in [3.8, 4) is 5.75 Å². The molecule has 0 radical (unpaired) electrons. The van der Waals surface area contributed by atoms with Gasteiger partial charge in [-0.3, -0.25) is 9.59 Å². The van der Waals surface area contributed by atoms with E-state index in [0.29, 0.717) is 18.5 Å². The average Bonchev–Trinajstić information content (AvgIpc) is 3.17. The van der Waals surface area contributed by atoms with E-state index in [1.165, 1.54) is 24.1 Å². The predicted octanol–water partition coefficient (Wildman–Crippen LogP) is 2.78. The van der Waals surface area contributed by atoms with Gasteiger partial charge in [-0.2, -0.15) is 0 Å². The third-order valence-electron chi connectivity index (χ3n) is 4.88. The maximum absolute atomic E-state index is 13.8. The number of rotatable bonds is 7. The molecule has 30 heavy (non-hydrogen) atoms. The van der Waals surface area contributed by atoms with Crippen molar-refractivity contribution >= 4 is 23.5 Å². The Labute approximate surface area is 174 Å². The summed E-state index contributed by atoms with van der Waals surface area (Å²) in [4.78, 5) is 39.2. The van der Waals surface area contributed by atoms with Crippen LogP contribution in [0, 0.1) is 5.82 Å². The molecular weight excluding hydrogens is 391 g/mol. The zero-order chi connectivity index (χ0) is 21.7. The van der Waals surface area contributed by atoms with Crippen molar-refractivity contribution in [1.82, 2.24) is 4.90 Å². The first kappa shape index (κ1) is 21.3. The second-order valence-electron chi connectivity index (χ2n) is 6.99. The molecule has 0 bridgehead atoms. The number of esters is 1. The number of amides is 2. The zero-order valence-electron chi connectivity index (χ0n) is 16.9. The highest BCUT2D eigenvalue weighted by atomic mass is 19.1. The van der Waals surface area contributed by atoms with Crippen LogP contribution in [0.2, 0.25) is 0 Å². The predicted molar refractivity (Wildman–Crippen MR) is 108 cm³/mol. The summed E-state index contributed by atoms with van der Waals surface area (Å²) >= 11 is 0. The number of ether oxygens (including phenoxy) is 2. The van der Waals surface area contributed by atoms with Gasteiger partial charge in [0.05, 0.1) is 12.7 Å². The lowest BCUT2D eigenvalue weighted by Gasteiger charge is -2.18. The van der Waals surface area contributed by atoms with Crippen molar-refractivity contribution in [1.29, 1.82) is 0 Å². The van der Waals surface area contributed by atoms with Crippen molar-refractivity contribution in [3.05, 3.63) is 59.4 Å². The molecule has 3 rings (SSSR count). The molecule has 1 heterocycles. The topological polar surface area (TPSA) is 76.2 Å². The molecule has 0 aliphatic carbocycles. The van der Waals surface area contributed by atoms with Gasteiger partial charge in [0.15, 0.2) is 18.2 Å². The Morgan fingerprint density at radius 2 is 1.90 bits per heavy atom. The maximum Gasteiger partial charge on any atom is 0.338 e. The molecule has 2 aromatic rings. The van der Waals surface area contributed by atoms with Gasteiger partial charge in [0.2, 0.25) is 5.91 Å². The largest absolute Gasteiger partial charge is 0.494 e. The van der Waals surface area contributed by atoms with Crippen molar-refractivity contribution in [3.63, 3.8) is 0 Å². The van der Waals surface area contributed by atoms with Crippen LogP contribution in [-0.2, 0) is 20.9 Å².